The molecule has 0 fully saturated rings. The van der Waals surface area contributed by atoms with E-state index >= 15 is 0 Å². The molecule has 0 bridgehead atoms. The zero-order valence-electron chi connectivity index (χ0n) is 13.2. The molecule has 0 aliphatic rings. The van der Waals surface area contributed by atoms with Gasteiger partial charge in [-0.05, 0) is 24.7 Å². The zero-order valence-corrected chi connectivity index (χ0v) is 21.0. The van der Waals surface area contributed by atoms with Crippen LogP contribution in [-0.4, -0.2) is 31.1 Å². The Morgan fingerprint density at radius 2 is 1.90 bits per heavy atom. The van der Waals surface area contributed by atoms with E-state index in [2.05, 4.69) is 17.7 Å². The molecule has 0 radical (unpaired) electrons. The van der Waals surface area contributed by atoms with Crippen molar-refractivity contribution in [1.29, 1.82) is 0 Å². The molecule has 21 heavy (non-hydrogen) atoms. The number of hydrogen-bond acceptors (Lipinski definition) is 2. The van der Waals surface area contributed by atoms with Gasteiger partial charge in [0.25, 0.3) is 0 Å². The molecule has 5 heteroatoms. The van der Waals surface area contributed by atoms with Gasteiger partial charge in [-0.25, -0.2) is 0 Å². The van der Waals surface area contributed by atoms with Gasteiger partial charge in [-0.3, -0.25) is 4.90 Å². The van der Waals surface area contributed by atoms with Crippen LogP contribution >= 0.6 is 23.2 Å². The molecule has 0 aliphatic carbocycles. The molecule has 0 aliphatic heterocycles. The van der Waals surface area contributed by atoms with E-state index < -0.39 is 0 Å². The normalized spacial score (nSPS) is 8.90. The van der Waals surface area contributed by atoms with E-state index in [4.69, 9.17) is 34.4 Å². The van der Waals surface area contributed by atoms with E-state index in [-0.39, 0.29) is 83.7 Å². The largest absolute Gasteiger partial charge is 1.00 e. The Morgan fingerprint density at radius 1 is 1.24 bits per heavy atom. The minimum atomic E-state index is 0. The summed E-state index contributed by atoms with van der Waals surface area (Å²) in [6.45, 7) is 6.56. The van der Waals surface area contributed by atoms with Gasteiger partial charge in [-0.2, -0.15) is 6.42 Å². The van der Waals surface area contributed by atoms with Crippen molar-refractivity contribution in [3.63, 3.8) is 0 Å². The number of benzene rings is 1. The number of nitrogens with zero attached hydrogens (tertiary/aromatic N) is 1. The summed E-state index contributed by atoms with van der Waals surface area (Å²) < 4.78 is 5.59. The van der Waals surface area contributed by atoms with Crippen LogP contribution in [-0.2, 0) is 0 Å². The molecule has 0 unspecified atom stereocenters. The maximum atomic E-state index is 6.00. The fourth-order valence-electron chi connectivity index (χ4n) is 1.50. The Bertz CT molecular complexity index is 421. The first-order chi connectivity index (χ1) is 8.67. The van der Waals surface area contributed by atoms with Crippen LogP contribution in [0.5, 0.6) is 5.75 Å². The first-order valence-corrected chi connectivity index (χ1v) is 6.46. The smallest absolute Gasteiger partial charge is 0.491 e. The molecule has 0 atom stereocenters. The van der Waals surface area contributed by atoms with E-state index in [0.29, 0.717) is 28.9 Å². The van der Waals surface area contributed by atoms with Crippen LogP contribution in [0.3, 0.4) is 0 Å². The van der Waals surface area contributed by atoms with Gasteiger partial charge in [0.2, 0.25) is 0 Å². The fraction of sp³-hybridized carbons (Fsp3) is 0.312. The van der Waals surface area contributed by atoms with Gasteiger partial charge in [0.05, 0.1) is 11.6 Å². The summed E-state index contributed by atoms with van der Waals surface area (Å²) in [5.41, 5.74) is 0. The molecule has 114 valence electrons. The summed E-state index contributed by atoms with van der Waals surface area (Å²) in [5, 5.41) is 1.11. The SMILES string of the molecule is C#CCN(CC[CH2-])CCOc1ccc(Cl)cc1Cl.[CH3-].[CH3-].[Cs+]. The summed E-state index contributed by atoms with van der Waals surface area (Å²) in [7, 11) is 0. The summed E-state index contributed by atoms with van der Waals surface area (Å²) in [6, 6.07) is 5.17. The Hall–Kier alpha value is 1.17. The van der Waals surface area contributed by atoms with Crippen molar-refractivity contribution in [2.75, 3.05) is 26.2 Å². The molecule has 0 amide bonds. The van der Waals surface area contributed by atoms with Crippen LogP contribution < -0.4 is 73.6 Å². The number of halogens is 2. The maximum absolute atomic E-state index is 6.00. The molecule has 0 aromatic heterocycles. The van der Waals surface area contributed by atoms with Crippen molar-refractivity contribution < 1.29 is 73.6 Å². The number of terminal acetylenes is 1. The average molecular weight is 448 g/mol. The minimum absolute atomic E-state index is 0. The second-order valence-corrected chi connectivity index (χ2v) is 4.60. The summed E-state index contributed by atoms with van der Waals surface area (Å²) in [6.07, 6.45) is 6.12. The monoisotopic (exact) mass is 447 g/mol. The number of ether oxygens (including phenoxy) is 1. The topological polar surface area (TPSA) is 12.5 Å². The Balaban J connectivity index is -0.00000108. The molecule has 1 aromatic carbocycles. The summed E-state index contributed by atoms with van der Waals surface area (Å²) in [5.74, 6) is 3.25. The molecule has 0 saturated carbocycles. The second kappa shape index (κ2) is 16.0. The van der Waals surface area contributed by atoms with Crippen LogP contribution in [0.2, 0.25) is 10.0 Å². The third-order valence-corrected chi connectivity index (χ3v) is 2.88. The van der Waals surface area contributed by atoms with Gasteiger partial charge in [0, 0.05) is 11.6 Å². The van der Waals surface area contributed by atoms with Crippen molar-refractivity contribution in [2.45, 2.75) is 6.42 Å². The van der Waals surface area contributed by atoms with Crippen molar-refractivity contribution in [2.24, 2.45) is 0 Å². The molecule has 1 rings (SSSR count). The Morgan fingerprint density at radius 3 is 2.43 bits per heavy atom. The molecular weight excluding hydrogens is 426 g/mol. The van der Waals surface area contributed by atoms with E-state index in [9.17, 15) is 0 Å². The van der Waals surface area contributed by atoms with Crippen LogP contribution in [0.4, 0.5) is 0 Å². The van der Waals surface area contributed by atoms with Crippen LogP contribution in [0.15, 0.2) is 18.2 Å². The predicted molar refractivity (Wildman–Crippen MR) is 90.0 cm³/mol. The van der Waals surface area contributed by atoms with E-state index in [0.717, 1.165) is 19.5 Å². The predicted octanol–water partition coefficient (Wildman–Crippen LogP) is 1.44. The van der Waals surface area contributed by atoms with E-state index in [1.807, 2.05) is 0 Å². The van der Waals surface area contributed by atoms with Gasteiger partial charge in [-0.1, -0.05) is 29.1 Å². The first kappa shape index (κ1) is 27.0. The quantitative estimate of drug-likeness (QED) is 0.463. The summed E-state index contributed by atoms with van der Waals surface area (Å²) >= 11 is 11.8. The minimum Gasteiger partial charge on any atom is -0.491 e. The Kier molecular flexibility index (Phi) is 20.7. The van der Waals surface area contributed by atoms with E-state index in [1.54, 1.807) is 18.2 Å². The van der Waals surface area contributed by atoms with Crippen LogP contribution in [0.1, 0.15) is 6.42 Å². The van der Waals surface area contributed by atoms with Crippen molar-refractivity contribution >= 4 is 23.2 Å². The molecule has 0 saturated heterocycles. The molecule has 2 nitrogen and oxygen atoms in total. The van der Waals surface area contributed by atoms with Gasteiger partial charge >= 0.3 is 68.9 Å². The van der Waals surface area contributed by atoms with Crippen molar-refractivity contribution in [3.05, 3.63) is 50.0 Å². The second-order valence-electron chi connectivity index (χ2n) is 3.76. The van der Waals surface area contributed by atoms with Crippen LogP contribution in [0, 0.1) is 34.1 Å². The van der Waals surface area contributed by atoms with Crippen LogP contribution in [0.25, 0.3) is 0 Å². The van der Waals surface area contributed by atoms with Gasteiger partial charge in [0.15, 0.2) is 0 Å². The third kappa shape index (κ3) is 11.4. The molecule has 0 spiro atoms. The van der Waals surface area contributed by atoms with Gasteiger partial charge in [-0.15, -0.1) is 6.42 Å². The van der Waals surface area contributed by atoms with Crippen molar-refractivity contribution in [1.82, 2.24) is 4.90 Å². The molecular formula is C16H22Cl2CsNO-2. The van der Waals surface area contributed by atoms with Gasteiger partial charge < -0.3 is 26.5 Å². The number of rotatable bonds is 7. The van der Waals surface area contributed by atoms with E-state index in [1.165, 1.54) is 0 Å². The fourth-order valence-corrected chi connectivity index (χ4v) is 1.96. The first-order valence-electron chi connectivity index (χ1n) is 5.70. The molecule has 0 N–H and O–H groups in total. The average Bonchev–Trinajstić information content (AvgIpc) is 2.32. The van der Waals surface area contributed by atoms with Gasteiger partial charge in [0.1, 0.15) is 12.4 Å². The molecule has 1 aromatic rings. The number of hydrogen-bond donors (Lipinski definition) is 0. The van der Waals surface area contributed by atoms with Crippen molar-refractivity contribution in [3.8, 4) is 18.1 Å². The maximum Gasteiger partial charge on any atom is 1.00 e. The standard InChI is InChI=1S/C14H16Cl2NO.2CH3.Cs/c1-3-7-17(8-4-2)9-10-18-14-6-5-12(15)11-13(14)16;;;/h1,5-6,11H,2,4,7-10H2;2*1H3;/q3*-1;+1. The third-order valence-electron chi connectivity index (χ3n) is 2.35. The summed E-state index contributed by atoms with van der Waals surface area (Å²) in [4.78, 5) is 2.11. The Labute approximate surface area is 199 Å². The molecule has 0 heterocycles. The zero-order chi connectivity index (χ0) is 13.4.